The zero-order valence-electron chi connectivity index (χ0n) is 13.1. The molecule has 4 nitrogen and oxygen atoms in total. The van der Waals surface area contributed by atoms with Crippen molar-refractivity contribution in [1.29, 1.82) is 5.26 Å². The van der Waals surface area contributed by atoms with Gasteiger partial charge in [0.15, 0.2) is 6.10 Å². The average molecular weight is 452 g/mol. The van der Waals surface area contributed by atoms with E-state index in [-0.39, 0.29) is 12.3 Å². The fourth-order valence-corrected chi connectivity index (χ4v) is 3.31. The van der Waals surface area contributed by atoms with Crippen LogP contribution in [0.5, 0.6) is 5.75 Å². The first-order valence-electron chi connectivity index (χ1n) is 7.38. The van der Waals surface area contributed by atoms with E-state index in [1.54, 1.807) is 17.9 Å². The number of carbonyl (C=O) groups is 1. The van der Waals surface area contributed by atoms with E-state index in [1.165, 1.54) is 0 Å². The van der Waals surface area contributed by atoms with Gasteiger partial charge < -0.3 is 9.64 Å². The van der Waals surface area contributed by atoms with Crippen molar-refractivity contribution in [3.63, 3.8) is 0 Å². The number of anilines is 1. The summed E-state index contributed by atoms with van der Waals surface area (Å²) in [5.41, 5.74) is 0.753. The maximum atomic E-state index is 12.8. The predicted octanol–water partition coefficient (Wildman–Crippen LogP) is 4.93. The summed E-state index contributed by atoms with van der Waals surface area (Å²) >= 11 is 6.81. The summed E-state index contributed by atoms with van der Waals surface area (Å²) in [7, 11) is 0. The molecular weight excluding hydrogens is 436 g/mol. The number of ether oxygens (including phenoxy) is 1. The Balaban J connectivity index is 2.17. The highest BCUT2D eigenvalue weighted by atomic mass is 79.9. The molecule has 0 bridgehead atoms. The van der Waals surface area contributed by atoms with Crippen molar-refractivity contribution in [1.82, 2.24) is 0 Å². The van der Waals surface area contributed by atoms with Crippen molar-refractivity contribution in [3.8, 4) is 11.8 Å². The molecule has 1 unspecified atom stereocenters. The molecule has 0 aliphatic carbocycles. The Kier molecular flexibility index (Phi) is 6.83. The van der Waals surface area contributed by atoms with E-state index in [0.717, 1.165) is 14.6 Å². The molecule has 0 aromatic heterocycles. The SMILES string of the molecule is CC(Oc1ccc(Br)cc1Br)C(=O)N(CCC#N)c1ccccc1. The normalized spacial score (nSPS) is 11.4. The molecule has 2 aromatic carbocycles. The minimum atomic E-state index is -0.679. The topological polar surface area (TPSA) is 53.3 Å². The molecule has 0 saturated heterocycles. The van der Waals surface area contributed by atoms with Crippen molar-refractivity contribution in [3.05, 3.63) is 57.5 Å². The zero-order chi connectivity index (χ0) is 17.5. The van der Waals surface area contributed by atoms with Gasteiger partial charge in [-0.2, -0.15) is 5.26 Å². The van der Waals surface area contributed by atoms with Crippen LogP contribution < -0.4 is 9.64 Å². The van der Waals surface area contributed by atoms with E-state index < -0.39 is 6.10 Å². The van der Waals surface area contributed by atoms with Gasteiger partial charge in [0.1, 0.15) is 5.75 Å². The van der Waals surface area contributed by atoms with Crippen molar-refractivity contribution >= 4 is 43.5 Å². The molecule has 2 aromatic rings. The largest absolute Gasteiger partial charge is 0.480 e. The minimum Gasteiger partial charge on any atom is -0.480 e. The summed E-state index contributed by atoms with van der Waals surface area (Å²) in [4.78, 5) is 14.4. The standard InChI is InChI=1S/C18H16Br2N2O2/c1-13(24-17-9-8-14(19)12-16(17)20)18(23)22(11-5-10-21)15-6-3-2-4-7-15/h2-4,6-9,12-13H,5,11H2,1H3. The van der Waals surface area contributed by atoms with E-state index in [1.807, 2.05) is 42.5 Å². The summed E-state index contributed by atoms with van der Waals surface area (Å²) < 4.78 is 7.48. The lowest BCUT2D eigenvalue weighted by Gasteiger charge is -2.25. The van der Waals surface area contributed by atoms with Crippen molar-refractivity contribution in [2.75, 3.05) is 11.4 Å². The number of rotatable bonds is 6. The molecule has 0 spiro atoms. The Morgan fingerprint density at radius 2 is 1.96 bits per heavy atom. The van der Waals surface area contributed by atoms with Gasteiger partial charge in [-0.1, -0.05) is 34.1 Å². The lowest BCUT2D eigenvalue weighted by atomic mass is 10.2. The highest BCUT2D eigenvalue weighted by Crippen LogP contribution is 2.29. The second-order valence-corrected chi connectivity index (χ2v) is 6.84. The molecule has 2 rings (SSSR count). The van der Waals surface area contributed by atoms with Gasteiger partial charge >= 0.3 is 0 Å². The van der Waals surface area contributed by atoms with Gasteiger partial charge in [0.05, 0.1) is 17.0 Å². The number of carbonyl (C=O) groups excluding carboxylic acids is 1. The first-order chi connectivity index (χ1) is 11.5. The Hall–Kier alpha value is -1.84. The second kappa shape index (κ2) is 8.86. The number of halogens is 2. The van der Waals surface area contributed by atoms with Crippen LogP contribution in [0, 0.1) is 11.3 Å². The van der Waals surface area contributed by atoms with Gasteiger partial charge in [0.25, 0.3) is 5.91 Å². The summed E-state index contributed by atoms with van der Waals surface area (Å²) in [6, 6.07) is 16.9. The molecule has 24 heavy (non-hydrogen) atoms. The summed E-state index contributed by atoms with van der Waals surface area (Å²) in [5, 5.41) is 8.85. The van der Waals surface area contributed by atoms with Crippen molar-refractivity contribution in [2.45, 2.75) is 19.4 Å². The molecule has 6 heteroatoms. The van der Waals surface area contributed by atoms with Crippen molar-refractivity contribution in [2.24, 2.45) is 0 Å². The molecule has 0 heterocycles. The van der Waals surface area contributed by atoms with Crippen LogP contribution in [0.25, 0.3) is 0 Å². The molecule has 0 saturated carbocycles. The summed E-state index contributed by atoms with van der Waals surface area (Å²) in [6.45, 7) is 2.04. The fourth-order valence-electron chi connectivity index (χ4n) is 2.17. The maximum Gasteiger partial charge on any atom is 0.267 e. The van der Waals surface area contributed by atoms with E-state index in [2.05, 4.69) is 37.9 Å². The smallest absolute Gasteiger partial charge is 0.267 e. The minimum absolute atomic E-state index is 0.189. The average Bonchev–Trinajstić information content (AvgIpc) is 2.58. The first-order valence-corrected chi connectivity index (χ1v) is 8.96. The zero-order valence-corrected chi connectivity index (χ0v) is 16.2. The lowest BCUT2D eigenvalue weighted by Crippen LogP contribution is -2.41. The Morgan fingerprint density at radius 1 is 1.25 bits per heavy atom. The van der Waals surface area contributed by atoms with Gasteiger partial charge in [-0.05, 0) is 53.2 Å². The molecule has 1 atom stereocenters. The first kappa shape index (κ1) is 18.5. The number of nitriles is 1. The monoisotopic (exact) mass is 450 g/mol. The van der Waals surface area contributed by atoms with Gasteiger partial charge in [-0.15, -0.1) is 0 Å². The molecular formula is C18H16Br2N2O2. The number of hydrogen-bond acceptors (Lipinski definition) is 3. The number of para-hydroxylation sites is 1. The quantitative estimate of drug-likeness (QED) is 0.625. The highest BCUT2D eigenvalue weighted by Gasteiger charge is 2.23. The van der Waals surface area contributed by atoms with Gasteiger partial charge in [-0.3, -0.25) is 4.79 Å². The number of benzene rings is 2. The third-order valence-electron chi connectivity index (χ3n) is 3.33. The van der Waals surface area contributed by atoms with E-state index in [9.17, 15) is 4.79 Å². The second-order valence-electron chi connectivity index (χ2n) is 5.07. The summed E-state index contributed by atoms with van der Waals surface area (Å²) in [5.74, 6) is 0.401. The van der Waals surface area contributed by atoms with Crippen molar-refractivity contribution < 1.29 is 9.53 Å². The van der Waals surface area contributed by atoms with Crippen LogP contribution in [0.4, 0.5) is 5.69 Å². The lowest BCUT2D eigenvalue weighted by molar-refractivity contribution is -0.124. The van der Waals surface area contributed by atoms with Crippen LogP contribution in [0.1, 0.15) is 13.3 Å². The van der Waals surface area contributed by atoms with Crippen LogP contribution in [-0.4, -0.2) is 18.6 Å². The predicted molar refractivity (Wildman–Crippen MR) is 101 cm³/mol. The third-order valence-corrected chi connectivity index (χ3v) is 4.44. The Labute approximate surface area is 158 Å². The van der Waals surface area contributed by atoms with E-state index in [4.69, 9.17) is 10.00 Å². The van der Waals surface area contributed by atoms with Gasteiger partial charge in [0.2, 0.25) is 0 Å². The van der Waals surface area contributed by atoms with Crippen LogP contribution in [0.15, 0.2) is 57.5 Å². The Bertz CT molecular complexity index is 744. The van der Waals surface area contributed by atoms with Gasteiger partial charge in [-0.25, -0.2) is 0 Å². The third kappa shape index (κ3) is 4.83. The molecule has 0 radical (unpaired) electrons. The molecule has 124 valence electrons. The fraction of sp³-hybridized carbons (Fsp3) is 0.222. The highest BCUT2D eigenvalue weighted by molar-refractivity contribution is 9.11. The molecule has 0 fully saturated rings. The van der Waals surface area contributed by atoms with E-state index >= 15 is 0 Å². The number of hydrogen-bond donors (Lipinski definition) is 0. The van der Waals surface area contributed by atoms with Crippen LogP contribution in [-0.2, 0) is 4.79 Å². The molecule has 0 aliphatic heterocycles. The van der Waals surface area contributed by atoms with Gasteiger partial charge in [0, 0.05) is 16.7 Å². The molecule has 0 aliphatic rings. The molecule has 0 N–H and O–H groups in total. The maximum absolute atomic E-state index is 12.8. The van der Waals surface area contributed by atoms with Crippen LogP contribution in [0.3, 0.4) is 0 Å². The molecule has 1 amide bonds. The van der Waals surface area contributed by atoms with Crippen LogP contribution >= 0.6 is 31.9 Å². The summed E-state index contributed by atoms with van der Waals surface area (Å²) in [6.07, 6.45) is -0.420. The number of nitrogens with zero attached hydrogens (tertiary/aromatic N) is 2. The Morgan fingerprint density at radius 3 is 2.58 bits per heavy atom. The number of amides is 1. The van der Waals surface area contributed by atoms with Crippen LogP contribution in [0.2, 0.25) is 0 Å². The van der Waals surface area contributed by atoms with E-state index in [0.29, 0.717) is 12.3 Å².